The highest BCUT2D eigenvalue weighted by Crippen LogP contribution is 2.29. The molecule has 1 N–H and O–H groups in total. The Balaban J connectivity index is 2.32. The van der Waals surface area contributed by atoms with Gasteiger partial charge in [0.1, 0.15) is 5.75 Å². The molecule has 0 amide bonds. The molecule has 0 atom stereocenters. The van der Waals surface area contributed by atoms with Crippen molar-refractivity contribution in [3.63, 3.8) is 0 Å². The van der Waals surface area contributed by atoms with Gasteiger partial charge in [-0.2, -0.15) is 13.2 Å². The average Bonchev–Trinajstić information content (AvgIpc) is 2.23. The van der Waals surface area contributed by atoms with Crippen molar-refractivity contribution in [3.8, 4) is 5.75 Å². The minimum absolute atomic E-state index is 0.0132. The number of nitrogens with one attached hydrogen (secondary N) is 1. The van der Waals surface area contributed by atoms with Crippen LogP contribution in [0.3, 0.4) is 0 Å². The van der Waals surface area contributed by atoms with Crippen LogP contribution in [0.1, 0.15) is 0 Å². The van der Waals surface area contributed by atoms with Gasteiger partial charge < -0.3 is 10.1 Å². The number of benzene rings is 1. The van der Waals surface area contributed by atoms with Crippen molar-refractivity contribution in [1.29, 1.82) is 0 Å². The largest absolute Gasteiger partial charge is 0.497 e. The van der Waals surface area contributed by atoms with Crippen molar-refractivity contribution in [2.75, 3.05) is 24.7 Å². The van der Waals surface area contributed by atoms with Crippen LogP contribution in [0.5, 0.6) is 5.75 Å². The van der Waals surface area contributed by atoms with Crippen LogP contribution in [0.15, 0.2) is 24.3 Å². The van der Waals surface area contributed by atoms with Gasteiger partial charge in [0.05, 0.1) is 7.11 Å². The summed E-state index contributed by atoms with van der Waals surface area (Å²) in [4.78, 5) is 0. The van der Waals surface area contributed by atoms with E-state index < -0.39 is 5.51 Å². The monoisotopic (exact) mass is 251 g/mol. The summed E-state index contributed by atoms with van der Waals surface area (Å²) in [5.41, 5.74) is -3.40. The molecule has 6 heteroatoms. The molecule has 0 unspecified atom stereocenters. The van der Waals surface area contributed by atoms with Crippen molar-refractivity contribution < 1.29 is 17.9 Å². The fourth-order valence-corrected chi connectivity index (χ4v) is 1.53. The summed E-state index contributed by atoms with van der Waals surface area (Å²) in [6.45, 7) is 0.261. The van der Waals surface area contributed by atoms with Crippen LogP contribution in [-0.2, 0) is 0 Å². The molecule has 0 saturated heterocycles. The van der Waals surface area contributed by atoms with Gasteiger partial charge in [-0.15, -0.1) is 0 Å². The van der Waals surface area contributed by atoms with Crippen LogP contribution in [-0.4, -0.2) is 24.9 Å². The molecule has 1 aromatic carbocycles. The third-order valence-corrected chi connectivity index (χ3v) is 2.50. The third kappa shape index (κ3) is 5.16. The lowest BCUT2D eigenvalue weighted by Crippen LogP contribution is -2.09. The number of halogens is 3. The van der Waals surface area contributed by atoms with Crippen LogP contribution < -0.4 is 10.1 Å². The highest BCUT2D eigenvalue weighted by atomic mass is 32.2. The number of anilines is 1. The van der Waals surface area contributed by atoms with E-state index in [9.17, 15) is 13.2 Å². The Morgan fingerprint density at radius 1 is 1.38 bits per heavy atom. The van der Waals surface area contributed by atoms with Gasteiger partial charge in [-0.05, 0) is 23.9 Å². The minimum Gasteiger partial charge on any atom is -0.497 e. The lowest BCUT2D eigenvalue weighted by atomic mass is 10.3. The van der Waals surface area contributed by atoms with Crippen molar-refractivity contribution >= 4 is 17.4 Å². The topological polar surface area (TPSA) is 21.3 Å². The first-order valence-electron chi connectivity index (χ1n) is 4.60. The first-order valence-corrected chi connectivity index (χ1v) is 5.58. The summed E-state index contributed by atoms with van der Waals surface area (Å²) >= 11 is -0.0310. The molecule has 1 aromatic rings. The van der Waals surface area contributed by atoms with Crippen LogP contribution in [0.25, 0.3) is 0 Å². The number of alkyl halides is 3. The second kappa shape index (κ2) is 5.89. The highest BCUT2D eigenvalue weighted by molar-refractivity contribution is 8.00. The SMILES string of the molecule is COc1cccc(NCCSC(F)(F)F)c1. The molecule has 0 radical (unpaired) electrons. The van der Waals surface area contributed by atoms with Gasteiger partial charge in [-0.25, -0.2) is 0 Å². The lowest BCUT2D eigenvalue weighted by Gasteiger charge is -2.08. The molecule has 0 aliphatic carbocycles. The van der Waals surface area contributed by atoms with Crippen molar-refractivity contribution in [2.24, 2.45) is 0 Å². The predicted octanol–water partition coefficient (Wildman–Crippen LogP) is 3.36. The molecule has 0 heterocycles. The maximum absolute atomic E-state index is 11.8. The summed E-state index contributed by atoms with van der Waals surface area (Å²) in [6.07, 6.45) is 0. The van der Waals surface area contributed by atoms with Gasteiger partial charge >= 0.3 is 5.51 Å². The van der Waals surface area contributed by atoms with E-state index in [0.717, 1.165) is 5.69 Å². The Hall–Kier alpha value is -1.04. The summed E-state index contributed by atoms with van der Waals surface area (Å²) in [5.74, 6) is 0.661. The maximum atomic E-state index is 11.8. The number of hydrogen-bond donors (Lipinski definition) is 1. The molecule has 16 heavy (non-hydrogen) atoms. The molecule has 1 rings (SSSR count). The minimum atomic E-state index is -4.16. The van der Waals surface area contributed by atoms with Crippen LogP contribution in [0.2, 0.25) is 0 Å². The van der Waals surface area contributed by atoms with Crippen LogP contribution in [0.4, 0.5) is 18.9 Å². The number of ether oxygens (including phenoxy) is 1. The number of thioether (sulfide) groups is 1. The highest BCUT2D eigenvalue weighted by Gasteiger charge is 2.27. The van der Waals surface area contributed by atoms with E-state index in [2.05, 4.69) is 5.32 Å². The molecule has 0 aliphatic rings. The fourth-order valence-electron chi connectivity index (χ4n) is 1.10. The second-order valence-corrected chi connectivity index (χ2v) is 4.11. The number of rotatable bonds is 5. The normalized spacial score (nSPS) is 11.2. The molecule has 0 bridgehead atoms. The Bertz CT molecular complexity index is 330. The number of methoxy groups -OCH3 is 1. The lowest BCUT2D eigenvalue weighted by molar-refractivity contribution is -0.0327. The zero-order valence-electron chi connectivity index (χ0n) is 8.67. The predicted molar refractivity (Wildman–Crippen MR) is 60.0 cm³/mol. The molecular formula is C10H12F3NOS. The molecule has 0 aromatic heterocycles. The molecule has 90 valence electrons. The average molecular weight is 251 g/mol. The first-order chi connectivity index (χ1) is 7.51. The quantitative estimate of drug-likeness (QED) is 0.811. The third-order valence-electron chi connectivity index (χ3n) is 1.77. The molecule has 0 aliphatic heterocycles. The molecule has 0 saturated carbocycles. The smallest absolute Gasteiger partial charge is 0.441 e. The summed E-state index contributed by atoms with van der Waals surface area (Å²) < 4.78 is 40.4. The van der Waals surface area contributed by atoms with Crippen LogP contribution in [0, 0.1) is 0 Å². The standard InChI is InChI=1S/C10H12F3NOS/c1-15-9-4-2-3-8(7-9)14-5-6-16-10(11,12)13/h2-4,7,14H,5-6H2,1H3. The zero-order chi connectivity index (χ0) is 12.0. The maximum Gasteiger partial charge on any atom is 0.441 e. The van der Waals surface area contributed by atoms with Crippen LogP contribution >= 0.6 is 11.8 Å². The Kier molecular flexibility index (Phi) is 4.79. The van der Waals surface area contributed by atoms with E-state index in [1.165, 1.54) is 0 Å². The molecule has 0 spiro atoms. The molecule has 0 fully saturated rings. The van der Waals surface area contributed by atoms with Crippen molar-refractivity contribution in [2.45, 2.75) is 5.51 Å². The summed E-state index contributed by atoms with van der Waals surface area (Å²) in [7, 11) is 1.54. The van der Waals surface area contributed by atoms with Gasteiger partial charge in [0.25, 0.3) is 0 Å². The van der Waals surface area contributed by atoms with Gasteiger partial charge in [-0.3, -0.25) is 0 Å². The Morgan fingerprint density at radius 3 is 2.75 bits per heavy atom. The molecular weight excluding hydrogens is 239 g/mol. The van der Waals surface area contributed by atoms with E-state index in [-0.39, 0.29) is 24.1 Å². The summed E-state index contributed by atoms with van der Waals surface area (Å²) in [5, 5.41) is 2.89. The Morgan fingerprint density at radius 2 is 2.12 bits per heavy atom. The van der Waals surface area contributed by atoms with E-state index in [1.54, 1.807) is 31.4 Å². The Labute approximate surface area is 96.2 Å². The van der Waals surface area contributed by atoms with Crippen molar-refractivity contribution in [1.82, 2.24) is 0 Å². The van der Waals surface area contributed by atoms with Gasteiger partial charge in [0, 0.05) is 24.1 Å². The first kappa shape index (κ1) is 13.0. The second-order valence-electron chi connectivity index (χ2n) is 2.95. The number of hydrogen-bond acceptors (Lipinski definition) is 3. The van der Waals surface area contributed by atoms with Gasteiger partial charge in [-0.1, -0.05) is 6.07 Å². The summed E-state index contributed by atoms with van der Waals surface area (Å²) in [6, 6.07) is 7.06. The van der Waals surface area contributed by atoms with E-state index in [0.29, 0.717) is 5.75 Å². The van der Waals surface area contributed by atoms with E-state index in [4.69, 9.17) is 4.74 Å². The van der Waals surface area contributed by atoms with Crippen molar-refractivity contribution in [3.05, 3.63) is 24.3 Å². The van der Waals surface area contributed by atoms with Gasteiger partial charge in [0.2, 0.25) is 0 Å². The molecule has 2 nitrogen and oxygen atoms in total. The van der Waals surface area contributed by atoms with E-state index >= 15 is 0 Å². The van der Waals surface area contributed by atoms with Gasteiger partial charge in [0.15, 0.2) is 0 Å². The fraction of sp³-hybridized carbons (Fsp3) is 0.400. The van der Waals surface area contributed by atoms with E-state index in [1.807, 2.05) is 0 Å². The zero-order valence-corrected chi connectivity index (χ0v) is 9.49.